The van der Waals surface area contributed by atoms with Gasteiger partial charge in [-0.25, -0.2) is 0 Å². The molecule has 94 valence electrons. The Bertz CT molecular complexity index is 539. The van der Waals surface area contributed by atoms with Gasteiger partial charge in [0.25, 0.3) is 0 Å². The normalized spacial score (nSPS) is 19.3. The molecule has 1 aliphatic heterocycles. The molecule has 4 heteroatoms. The quantitative estimate of drug-likeness (QED) is 0.923. The molecule has 2 aromatic rings. The molecule has 0 radical (unpaired) electrons. The molecule has 3 rings (SSSR count). The summed E-state index contributed by atoms with van der Waals surface area (Å²) in [6, 6.07) is 8.87. The average molecular weight is 306 g/mol. The third-order valence-electron chi connectivity index (χ3n) is 3.53. The summed E-state index contributed by atoms with van der Waals surface area (Å²) in [4.78, 5) is 0. The van der Waals surface area contributed by atoms with E-state index in [4.69, 9.17) is 0 Å². The first kappa shape index (κ1) is 11.9. The van der Waals surface area contributed by atoms with E-state index in [-0.39, 0.29) is 0 Å². The van der Waals surface area contributed by atoms with Crippen molar-refractivity contribution in [2.45, 2.75) is 18.9 Å². The zero-order chi connectivity index (χ0) is 12.5. The monoisotopic (exact) mass is 305 g/mol. The molecule has 0 bridgehead atoms. The van der Waals surface area contributed by atoms with Crippen molar-refractivity contribution in [3.8, 4) is 11.1 Å². The maximum Gasteiger partial charge on any atom is 0.0628 e. The highest BCUT2D eigenvalue weighted by Gasteiger charge is 2.23. The van der Waals surface area contributed by atoms with Gasteiger partial charge in [0.1, 0.15) is 0 Å². The van der Waals surface area contributed by atoms with Crippen molar-refractivity contribution in [3.63, 3.8) is 0 Å². The second-order valence-electron chi connectivity index (χ2n) is 4.72. The van der Waals surface area contributed by atoms with E-state index < -0.39 is 0 Å². The molecule has 1 fully saturated rings. The van der Waals surface area contributed by atoms with Crippen LogP contribution in [0.1, 0.15) is 24.6 Å². The molecule has 1 aliphatic rings. The lowest BCUT2D eigenvalue weighted by atomic mass is 10.0. The Labute approximate surface area is 115 Å². The molecule has 18 heavy (non-hydrogen) atoms. The molecular weight excluding hydrogens is 290 g/mol. The first-order valence-corrected chi connectivity index (χ1v) is 7.06. The summed E-state index contributed by atoms with van der Waals surface area (Å²) in [5, 5.41) is 7.98. The highest BCUT2D eigenvalue weighted by Crippen LogP contribution is 2.32. The van der Waals surface area contributed by atoms with Gasteiger partial charge in [-0.2, -0.15) is 5.10 Å². The van der Waals surface area contributed by atoms with Gasteiger partial charge in [-0.15, -0.1) is 0 Å². The average Bonchev–Trinajstić information content (AvgIpc) is 2.99. The molecule has 1 aromatic carbocycles. The van der Waals surface area contributed by atoms with Crippen molar-refractivity contribution in [3.05, 3.63) is 40.6 Å². The third kappa shape index (κ3) is 2.10. The van der Waals surface area contributed by atoms with Crippen LogP contribution in [0.2, 0.25) is 0 Å². The topological polar surface area (TPSA) is 29.9 Å². The van der Waals surface area contributed by atoms with Crippen LogP contribution in [0.4, 0.5) is 0 Å². The Morgan fingerprint density at radius 2 is 2.11 bits per heavy atom. The Balaban J connectivity index is 2.04. The smallest absolute Gasteiger partial charge is 0.0628 e. The first-order valence-electron chi connectivity index (χ1n) is 6.27. The van der Waals surface area contributed by atoms with Crippen LogP contribution in [0, 0.1) is 0 Å². The fourth-order valence-electron chi connectivity index (χ4n) is 2.63. The van der Waals surface area contributed by atoms with Crippen molar-refractivity contribution in [1.29, 1.82) is 0 Å². The van der Waals surface area contributed by atoms with Crippen LogP contribution in [-0.4, -0.2) is 16.3 Å². The first-order chi connectivity index (χ1) is 8.75. The van der Waals surface area contributed by atoms with Gasteiger partial charge < -0.3 is 5.32 Å². The number of aryl methyl sites for hydroxylation is 1. The third-order valence-corrected chi connectivity index (χ3v) is 4.06. The minimum atomic E-state index is 0.441. The molecule has 1 aromatic heterocycles. The van der Waals surface area contributed by atoms with Gasteiger partial charge in [0.05, 0.1) is 11.9 Å². The lowest BCUT2D eigenvalue weighted by Crippen LogP contribution is -2.17. The van der Waals surface area contributed by atoms with E-state index in [1.165, 1.54) is 29.7 Å². The van der Waals surface area contributed by atoms with Crippen molar-refractivity contribution in [2.24, 2.45) is 7.05 Å². The highest BCUT2D eigenvalue weighted by atomic mass is 79.9. The summed E-state index contributed by atoms with van der Waals surface area (Å²) >= 11 is 3.47. The van der Waals surface area contributed by atoms with Gasteiger partial charge in [-0.3, -0.25) is 4.68 Å². The number of hydrogen-bond acceptors (Lipinski definition) is 2. The minimum Gasteiger partial charge on any atom is -0.309 e. The zero-order valence-corrected chi connectivity index (χ0v) is 11.9. The lowest BCUT2D eigenvalue weighted by molar-refractivity contribution is 0.575. The molecule has 0 spiro atoms. The second-order valence-corrected chi connectivity index (χ2v) is 5.64. The Hall–Kier alpha value is -1.13. The Kier molecular flexibility index (Phi) is 3.22. The van der Waals surface area contributed by atoms with Crippen LogP contribution in [0.3, 0.4) is 0 Å². The maximum absolute atomic E-state index is 4.42. The maximum atomic E-state index is 4.42. The van der Waals surface area contributed by atoms with Gasteiger partial charge in [0.15, 0.2) is 0 Å². The van der Waals surface area contributed by atoms with E-state index in [2.05, 4.69) is 50.6 Å². The number of nitrogens with zero attached hydrogens (tertiary/aromatic N) is 2. The number of hydrogen-bond donors (Lipinski definition) is 1. The summed E-state index contributed by atoms with van der Waals surface area (Å²) in [6.07, 6.45) is 4.41. The van der Waals surface area contributed by atoms with Crippen LogP contribution >= 0.6 is 15.9 Å². The molecule has 2 heterocycles. The number of nitrogens with one attached hydrogen (secondary N) is 1. The van der Waals surface area contributed by atoms with Crippen LogP contribution in [0.5, 0.6) is 0 Å². The Morgan fingerprint density at radius 3 is 2.78 bits per heavy atom. The van der Waals surface area contributed by atoms with Crippen molar-refractivity contribution in [1.82, 2.24) is 15.1 Å². The summed E-state index contributed by atoms with van der Waals surface area (Å²) < 4.78 is 3.11. The summed E-state index contributed by atoms with van der Waals surface area (Å²) in [6.45, 7) is 1.11. The van der Waals surface area contributed by atoms with Gasteiger partial charge in [-0.1, -0.05) is 28.1 Å². The van der Waals surface area contributed by atoms with Gasteiger partial charge in [0, 0.05) is 23.1 Å². The number of aromatic nitrogens is 2. The minimum absolute atomic E-state index is 0.441. The van der Waals surface area contributed by atoms with E-state index in [1.54, 1.807) is 0 Å². The van der Waals surface area contributed by atoms with Crippen LogP contribution < -0.4 is 5.32 Å². The number of benzene rings is 1. The fraction of sp³-hybridized carbons (Fsp3) is 0.357. The molecule has 1 N–H and O–H groups in total. The molecule has 1 unspecified atom stereocenters. The van der Waals surface area contributed by atoms with Crippen molar-refractivity contribution in [2.75, 3.05) is 6.54 Å². The van der Waals surface area contributed by atoms with Gasteiger partial charge in [-0.05, 0) is 37.1 Å². The Morgan fingerprint density at radius 1 is 1.33 bits per heavy atom. The molecule has 0 aliphatic carbocycles. The summed E-state index contributed by atoms with van der Waals surface area (Å²) in [5.74, 6) is 0. The van der Waals surface area contributed by atoms with E-state index >= 15 is 0 Å². The molecule has 0 saturated carbocycles. The molecule has 1 atom stereocenters. The van der Waals surface area contributed by atoms with E-state index in [0.717, 1.165) is 11.0 Å². The fourth-order valence-corrected chi connectivity index (χ4v) is 2.89. The molecular formula is C14H16BrN3. The SMILES string of the molecule is Cn1ncc(-c2ccc(Br)cc2)c1C1CCCN1. The zero-order valence-electron chi connectivity index (χ0n) is 10.4. The predicted octanol–water partition coefficient (Wildman–Crippen LogP) is 3.27. The van der Waals surface area contributed by atoms with Crippen LogP contribution in [0.25, 0.3) is 11.1 Å². The molecule has 1 saturated heterocycles. The standard InChI is InChI=1S/C14H16BrN3/c1-18-14(13-3-2-8-16-13)12(9-17-18)10-4-6-11(15)7-5-10/h4-7,9,13,16H,2-3,8H2,1H3. The van der Waals surface area contributed by atoms with E-state index in [9.17, 15) is 0 Å². The van der Waals surface area contributed by atoms with Crippen LogP contribution in [0.15, 0.2) is 34.9 Å². The van der Waals surface area contributed by atoms with E-state index in [0.29, 0.717) is 6.04 Å². The molecule has 3 nitrogen and oxygen atoms in total. The largest absolute Gasteiger partial charge is 0.309 e. The van der Waals surface area contributed by atoms with Gasteiger partial charge in [0.2, 0.25) is 0 Å². The highest BCUT2D eigenvalue weighted by molar-refractivity contribution is 9.10. The van der Waals surface area contributed by atoms with Crippen molar-refractivity contribution < 1.29 is 0 Å². The summed E-state index contributed by atoms with van der Waals surface area (Å²) in [5.41, 5.74) is 3.77. The lowest BCUT2D eigenvalue weighted by Gasteiger charge is -2.13. The summed E-state index contributed by atoms with van der Waals surface area (Å²) in [7, 11) is 2.03. The second kappa shape index (κ2) is 4.86. The molecule has 0 amide bonds. The van der Waals surface area contributed by atoms with Gasteiger partial charge >= 0.3 is 0 Å². The predicted molar refractivity (Wildman–Crippen MR) is 76.3 cm³/mol. The number of halogens is 1. The van der Waals surface area contributed by atoms with E-state index in [1.807, 2.05) is 17.9 Å². The van der Waals surface area contributed by atoms with Crippen molar-refractivity contribution >= 4 is 15.9 Å². The van der Waals surface area contributed by atoms with Crippen LogP contribution in [-0.2, 0) is 7.05 Å². The number of rotatable bonds is 2.